The van der Waals surface area contributed by atoms with E-state index in [1.807, 2.05) is 6.92 Å². The summed E-state index contributed by atoms with van der Waals surface area (Å²) in [6.07, 6.45) is 0.819. The van der Waals surface area contributed by atoms with E-state index in [9.17, 15) is 19.5 Å². The Morgan fingerprint density at radius 2 is 1.79 bits per heavy atom. The number of ketones is 1. The summed E-state index contributed by atoms with van der Waals surface area (Å²) in [5.74, 6) is -1.53. The largest absolute Gasteiger partial charge is 0.507 e. The maximum atomic E-state index is 13.0. The molecule has 1 aliphatic heterocycles. The first-order chi connectivity index (χ1) is 15.9. The summed E-state index contributed by atoms with van der Waals surface area (Å²) in [6, 6.07) is 12.4. The van der Waals surface area contributed by atoms with E-state index < -0.39 is 23.7 Å². The number of rotatable bonds is 9. The van der Waals surface area contributed by atoms with Crippen molar-refractivity contribution >= 4 is 23.4 Å². The number of carbonyl (C=O) groups is 3. The van der Waals surface area contributed by atoms with Crippen LogP contribution in [0.5, 0.6) is 11.5 Å². The van der Waals surface area contributed by atoms with Crippen LogP contribution in [0.25, 0.3) is 5.76 Å². The van der Waals surface area contributed by atoms with E-state index in [0.29, 0.717) is 23.5 Å². The van der Waals surface area contributed by atoms with E-state index in [1.54, 1.807) is 48.5 Å². The van der Waals surface area contributed by atoms with Gasteiger partial charge in [0.1, 0.15) is 17.3 Å². The zero-order chi connectivity index (χ0) is 24.0. The molecule has 8 nitrogen and oxygen atoms in total. The number of esters is 1. The average Bonchev–Trinajstić information content (AvgIpc) is 3.05. The van der Waals surface area contributed by atoms with Gasteiger partial charge in [-0.15, -0.1) is 0 Å². The van der Waals surface area contributed by atoms with Crippen LogP contribution in [0.2, 0.25) is 0 Å². The zero-order valence-electron chi connectivity index (χ0n) is 18.9. The molecule has 1 N–H and O–H groups in total. The molecule has 174 valence electrons. The number of Topliss-reactive ketones (excluding diaryl/α,β-unsaturated/α-hetero) is 1. The number of methoxy groups -OCH3 is 1. The second-order valence-electron chi connectivity index (χ2n) is 7.53. The van der Waals surface area contributed by atoms with E-state index >= 15 is 0 Å². The molecule has 1 unspecified atom stereocenters. The van der Waals surface area contributed by atoms with Crippen molar-refractivity contribution in [1.29, 1.82) is 0 Å². The van der Waals surface area contributed by atoms with Gasteiger partial charge in [-0.3, -0.25) is 14.4 Å². The van der Waals surface area contributed by atoms with Gasteiger partial charge in [-0.2, -0.15) is 0 Å². The van der Waals surface area contributed by atoms with E-state index in [4.69, 9.17) is 14.2 Å². The molecular weight excluding hydrogens is 426 g/mol. The Morgan fingerprint density at radius 1 is 1.06 bits per heavy atom. The molecule has 1 atom stereocenters. The minimum Gasteiger partial charge on any atom is -0.507 e. The first-order valence-electron chi connectivity index (χ1n) is 10.7. The van der Waals surface area contributed by atoms with E-state index in [1.165, 1.54) is 18.9 Å². The normalized spacial score (nSPS) is 17.3. The molecule has 0 bridgehead atoms. The lowest BCUT2D eigenvalue weighted by atomic mass is 9.95. The standard InChI is InChI=1S/C25H27NO7/c1-4-12-32-19-9-6-8-18(15-19)23(28)21-22(26(11-13-31-3)25(30)24(21)29)17-7-5-10-20(14-17)33-16(2)27/h5-10,14-15,22,28H,4,11-13H2,1-3H3/b23-21-. The molecule has 0 saturated carbocycles. The van der Waals surface area contributed by atoms with Gasteiger partial charge in [0.05, 0.1) is 24.8 Å². The van der Waals surface area contributed by atoms with Crippen LogP contribution in [0.4, 0.5) is 0 Å². The molecule has 8 heteroatoms. The van der Waals surface area contributed by atoms with Crippen molar-refractivity contribution in [3.05, 3.63) is 65.2 Å². The van der Waals surface area contributed by atoms with Crippen LogP contribution in [0.1, 0.15) is 37.4 Å². The monoisotopic (exact) mass is 453 g/mol. The summed E-state index contributed by atoms with van der Waals surface area (Å²) in [5.41, 5.74) is 0.821. The highest BCUT2D eigenvalue weighted by molar-refractivity contribution is 6.46. The molecule has 1 fully saturated rings. The van der Waals surface area contributed by atoms with Crippen molar-refractivity contribution in [2.75, 3.05) is 26.9 Å². The summed E-state index contributed by atoms with van der Waals surface area (Å²) in [5, 5.41) is 11.2. The van der Waals surface area contributed by atoms with Crippen LogP contribution in [0.3, 0.4) is 0 Å². The topological polar surface area (TPSA) is 102 Å². The van der Waals surface area contributed by atoms with Gasteiger partial charge in [0.15, 0.2) is 0 Å². The lowest BCUT2D eigenvalue weighted by Crippen LogP contribution is -2.32. The number of amides is 1. The smallest absolute Gasteiger partial charge is 0.308 e. The van der Waals surface area contributed by atoms with Crippen LogP contribution in [0.15, 0.2) is 54.1 Å². The van der Waals surface area contributed by atoms with E-state index in [2.05, 4.69) is 0 Å². The third-order valence-corrected chi connectivity index (χ3v) is 5.09. The Labute approximate surface area is 192 Å². The number of hydrogen-bond acceptors (Lipinski definition) is 7. The fraction of sp³-hybridized carbons (Fsp3) is 0.320. The summed E-state index contributed by atoms with van der Waals surface area (Å²) >= 11 is 0. The Morgan fingerprint density at radius 3 is 2.48 bits per heavy atom. The molecule has 0 radical (unpaired) electrons. The number of nitrogens with zero attached hydrogens (tertiary/aromatic N) is 1. The van der Waals surface area contributed by atoms with Crippen molar-refractivity contribution in [2.24, 2.45) is 0 Å². The Kier molecular flexibility index (Phi) is 7.84. The fourth-order valence-corrected chi connectivity index (χ4v) is 3.67. The zero-order valence-corrected chi connectivity index (χ0v) is 18.9. The van der Waals surface area contributed by atoms with Crippen molar-refractivity contribution in [2.45, 2.75) is 26.3 Å². The summed E-state index contributed by atoms with van der Waals surface area (Å²) in [4.78, 5) is 38.7. The summed E-state index contributed by atoms with van der Waals surface area (Å²) in [6.45, 7) is 4.11. The molecule has 3 rings (SSSR count). The number of carbonyl (C=O) groups excluding carboxylic acids is 3. The lowest BCUT2D eigenvalue weighted by molar-refractivity contribution is -0.140. The van der Waals surface area contributed by atoms with Gasteiger partial charge in [-0.1, -0.05) is 31.2 Å². The first-order valence-corrected chi connectivity index (χ1v) is 10.7. The van der Waals surface area contributed by atoms with Crippen molar-refractivity contribution in [1.82, 2.24) is 4.90 Å². The molecule has 0 aliphatic carbocycles. The highest BCUT2D eigenvalue weighted by Gasteiger charge is 2.46. The molecular formula is C25H27NO7. The van der Waals surface area contributed by atoms with Gasteiger partial charge in [0, 0.05) is 26.1 Å². The predicted octanol–water partition coefficient (Wildman–Crippen LogP) is 3.47. The van der Waals surface area contributed by atoms with E-state index in [0.717, 1.165) is 6.42 Å². The fourth-order valence-electron chi connectivity index (χ4n) is 3.67. The Balaban J connectivity index is 2.12. The molecule has 0 spiro atoms. The molecule has 33 heavy (non-hydrogen) atoms. The van der Waals surface area contributed by atoms with Crippen LogP contribution in [-0.4, -0.2) is 54.5 Å². The van der Waals surface area contributed by atoms with Crippen LogP contribution >= 0.6 is 0 Å². The second-order valence-corrected chi connectivity index (χ2v) is 7.53. The minimum absolute atomic E-state index is 0.0521. The van der Waals surface area contributed by atoms with Gasteiger partial charge in [-0.25, -0.2) is 0 Å². The number of aliphatic hydroxyl groups is 1. The average molecular weight is 453 g/mol. The number of benzene rings is 2. The molecule has 1 heterocycles. The predicted molar refractivity (Wildman–Crippen MR) is 121 cm³/mol. The Hall–Kier alpha value is -3.65. The molecule has 1 amide bonds. The minimum atomic E-state index is -0.879. The maximum absolute atomic E-state index is 13.0. The highest BCUT2D eigenvalue weighted by atomic mass is 16.5. The number of ether oxygens (including phenoxy) is 3. The van der Waals surface area contributed by atoms with Gasteiger partial charge >= 0.3 is 5.97 Å². The van der Waals surface area contributed by atoms with Gasteiger partial charge < -0.3 is 24.2 Å². The van der Waals surface area contributed by atoms with E-state index in [-0.39, 0.29) is 30.2 Å². The third-order valence-electron chi connectivity index (χ3n) is 5.09. The van der Waals surface area contributed by atoms with Gasteiger partial charge in [0.2, 0.25) is 0 Å². The maximum Gasteiger partial charge on any atom is 0.308 e. The number of likely N-dealkylation sites (tertiary alicyclic amines) is 1. The third kappa shape index (κ3) is 5.40. The molecule has 0 aromatic heterocycles. The molecule has 1 saturated heterocycles. The van der Waals surface area contributed by atoms with Crippen LogP contribution < -0.4 is 9.47 Å². The van der Waals surface area contributed by atoms with Crippen molar-refractivity contribution in [3.8, 4) is 11.5 Å². The van der Waals surface area contributed by atoms with Crippen molar-refractivity contribution in [3.63, 3.8) is 0 Å². The number of hydrogen-bond donors (Lipinski definition) is 1. The lowest BCUT2D eigenvalue weighted by Gasteiger charge is -2.25. The highest BCUT2D eigenvalue weighted by Crippen LogP contribution is 2.40. The van der Waals surface area contributed by atoms with Gasteiger partial charge in [0.25, 0.3) is 11.7 Å². The van der Waals surface area contributed by atoms with Gasteiger partial charge in [-0.05, 0) is 36.2 Å². The molecule has 2 aromatic carbocycles. The second kappa shape index (κ2) is 10.8. The quantitative estimate of drug-likeness (QED) is 0.204. The first kappa shape index (κ1) is 24.0. The molecule has 1 aliphatic rings. The molecule has 2 aromatic rings. The summed E-state index contributed by atoms with van der Waals surface area (Å²) < 4.78 is 15.9. The summed E-state index contributed by atoms with van der Waals surface area (Å²) in [7, 11) is 1.49. The number of aliphatic hydroxyl groups excluding tert-OH is 1. The van der Waals surface area contributed by atoms with Crippen molar-refractivity contribution < 1.29 is 33.7 Å². The van der Waals surface area contributed by atoms with Crippen LogP contribution in [-0.2, 0) is 19.1 Å². The SMILES string of the molecule is CCCOc1cccc(/C(O)=C2/C(=O)C(=O)N(CCOC)C2c2cccc(OC(C)=O)c2)c1. The van der Waals surface area contributed by atoms with Crippen LogP contribution in [0, 0.1) is 0 Å². The Bertz CT molecular complexity index is 1080.